The maximum absolute atomic E-state index is 13.7. The minimum Gasteiger partial charge on any atom is -0.372 e. The van der Waals surface area contributed by atoms with Gasteiger partial charge >= 0.3 is 5.69 Å². The molecule has 0 unspecified atom stereocenters. The van der Waals surface area contributed by atoms with Gasteiger partial charge in [0.05, 0.1) is 25.1 Å². The highest BCUT2D eigenvalue weighted by molar-refractivity contribution is 5.77. The van der Waals surface area contributed by atoms with Crippen molar-refractivity contribution in [3.63, 3.8) is 0 Å². The largest absolute Gasteiger partial charge is 0.372 e. The van der Waals surface area contributed by atoms with Crippen molar-refractivity contribution in [3.05, 3.63) is 99.0 Å². The fourth-order valence-corrected chi connectivity index (χ4v) is 4.80. The lowest BCUT2D eigenvalue weighted by Gasteiger charge is -2.35. The Morgan fingerprint density at radius 2 is 1.47 bits per heavy atom. The molecule has 5 rings (SSSR count). The van der Waals surface area contributed by atoms with Crippen LogP contribution in [0.4, 0.5) is 0 Å². The summed E-state index contributed by atoms with van der Waals surface area (Å²) in [7, 11) is 0. The van der Waals surface area contributed by atoms with E-state index in [9.17, 15) is 14.4 Å². The van der Waals surface area contributed by atoms with Gasteiger partial charge in [0.1, 0.15) is 6.54 Å². The second-order valence-corrected chi connectivity index (χ2v) is 9.33. The Kier molecular flexibility index (Phi) is 6.56. The summed E-state index contributed by atoms with van der Waals surface area (Å²) in [4.78, 5) is 46.6. The molecule has 36 heavy (non-hydrogen) atoms. The van der Waals surface area contributed by atoms with Crippen molar-refractivity contribution in [3.8, 4) is 0 Å². The van der Waals surface area contributed by atoms with Crippen LogP contribution >= 0.6 is 0 Å². The molecule has 0 bridgehead atoms. The van der Waals surface area contributed by atoms with Gasteiger partial charge in [0.15, 0.2) is 11.2 Å². The van der Waals surface area contributed by atoms with Crippen LogP contribution in [0.25, 0.3) is 11.2 Å². The number of benzene rings is 2. The zero-order valence-electron chi connectivity index (χ0n) is 20.4. The molecule has 0 spiro atoms. The molecule has 0 radical (unpaired) electrons. The van der Waals surface area contributed by atoms with Gasteiger partial charge in [0, 0.05) is 19.6 Å². The van der Waals surface area contributed by atoms with Crippen molar-refractivity contribution in [1.82, 2.24) is 23.6 Å². The smallest absolute Gasteiger partial charge is 0.333 e. The Bertz CT molecular complexity index is 1480. The molecule has 0 saturated carbocycles. The SMILES string of the molecule is C[C@@H]1CN(C(=O)Cn2c(=O)c3c(ncn3Cc3ccccc3)n(Cc3ccccc3)c2=O)C[C@H](C)O1. The molecule has 2 atom stereocenters. The molecule has 9 heteroatoms. The zero-order chi connectivity index (χ0) is 25.2. The van der Waals surface area contributed by atoms with E-state index in [2.05, 4.69) is 4.98 Å². The summed E-state index contributed by atoms with van der Waals surface area (Å²) in [6.45, 7) is 4.97. The average molecular weight is 488 g/mol. The molecular weight excluding hydrogens is 458 g/mol. The molecule has 0 N–H and O–H groups in total. The first-order chi connectivity index (χ1) is 17.4. The molecule has 2 aromatic carbocycles. The second kappa shape index (κ2) is 9.94. The third-order valence-corrected chi connectivity index (χ3v) is 6.43. The molecule has 2 aromatic heterocycles. The summed E-state index contributed by atoms with van der Waals surface area (Å²) in [6, 6.07) is 19.2. The first-order valence-corrected chi connectivity index (χ1v) is 12.1. The van der Waals surface area contributed by atoms with Gasteiger partial charge in [-0.3, -0.25) is 14.2 Å². The summed E-state index contributed by atoms with van der Waals surface area (Å²) in [5.74, 6) is -0.282. The number of nitrogens with zero attached hydrogens (tertiary/aromatic N) is 5. The minimum atomic E-state index is -0.552. The van der Waals surface area contributed by atoms with E-state index in [1.807, 2.05) is 74.5 Å². The third-order valence-electron chi connectivity index (χ3n) is 6.43. The summed E-state index contributed by atoms with van der Waals surface area (Å²) in [5.41, 5.74) is 1.43. The van der Waals surface area contributed by atoms with Crippen molar-refractivity contribution >= 4 is 17.1 Å². The van der Waals surface area contributed by atoms with Gasteiger partial charge in [-0.25, -0.2) is 14.3 Å². The van der Waals surface area contributed by atoms with Gasteiger partial charge < -0.3 is 14.2 Å². The van der Waals surface area contributed by atoms with E-state index in [-0.39, 0.29) is 31.2 Å². The van der Waals surface area contributed by atoms with Crippen LogP contribution in [-0.4, -0.2) is 54.8 Å². The van der Waals surface area contributed by atoms with Crippen LogP contribution < -0.4 is 11.2 Å². The monoisotopic (exact) mass is 487 g/mol. The number of carbonyl (C=O) groups is 1. The predicted molar refractivity (Wildman–Crippen MR) is 136 cm³/mol. The number of hydrogen-bond donors (Lipinski definition) is 0. The second-order valence-electron chi connectivity index (χ2n) is 9.33. The van der Waals surface area contributed by atoms with Crippen molar-refractivity contribution < 1.29 is 9.53 Å². The van der Waals surface area contributed by atoms with Gasteiger partial charge in [-0.15, -0.1) is 0 Å². The molecule has 1 amide bonds. The van der Waals surface area contributed by atoms with Crippen LogP contribution in [0.15, 0.2) is 76.6 Å². The van der Waals surface area contributed by atoms with Gasteiger partial charge in [-0.05, 0) is 25.0 Å². The molecule has 1 saturated heterocycles. The molecule has 1 aliphatic heterocycles. The predicted octanol–water partition coefficient (Wildman–Crippen LogP) is 2.09. The number of carbonyl (C=O) groups excluding carboxylic acids is 1. The Balaban J connectivity index is 1.60. The molecule has 3 heterocycles. The first kappa shape index (κ1) is 23.7. The van der Waals surface area contributed by atoms with Gasteiger partial charge in [0.25, 0.3) is 5.56 Å². The van der Waals surface area contributed by atoms with Crippen LogP contribution in [0.3, 0.4) is 0 Å². The number of amides is 1. The van der Waals surface area contributed by atoms with Crippen molar-refractivity contribution in [1.29, 1.82) is 0 Å². The molecule has 1 fully saturated rings. The lowest BCUT2D eigenvalue weighted by atomic mass is 10.2. The zero-order valence-corrected chi connectivity index (χ0v) is 20.4. The molecule has 4 aromatic rings. The number of rotatable bonds is 6. The number of morpholine rings is 1. The van der Waals surface area contributed by atoms with Crippen molar-refractivity contribution in [2.75, 3.05) is 13.1 Å². The maximum Gasteiger partial charge on any atom is 0.333 e. The lowest BCUT2D eigenvalue weighted by Crippen LogP contribution is -2.51. The van der Waals surface area contributed by atoms with Gasteiger partial charge in [-0.1, -0.05) is 60.7 Å². The summed E-state index contributed by atoms with van der Waals surface area (Å²) < 4.78 is 9.99. The Morgan fingerprint density at radius 3 is 2.08 bits per heavy atom. The number of aromatic nitrogens is 4. The van der Waals surface area contributed by atoms with E-state index in [1.54, 1.807) is 15.8 Å². The molecule has 186 valence electrons. The Morgan fingerprint density at radius 1 is 0.889 bits per heavy atom. The molecule has 1 aliphatic rings. The van der Waals surface area contributed by atoms with Crippen LogP contribution in [0, 0.1) is 0 Å². The van der Waals surface area contributed by atoms with Gasteiger partial charge in [0.2, 0.25) is 5.91 Å². The number of ether oxygens (including phenoxy) is 1. The van der Waals surface area contributed by atoms with Crippen LogP contribution in [0.2, 0.25) is 0 Å². The van der Waals surface area contributed by atoms with Crippen molar-refractivity contribution in [2.45, 2.75) is 45.7 Å². The highest BCUT2D eigenvalue weighted by Crippen LogP contribution is 2.14. The molecule has 9 nitrogen and oxygen atoms in total. The molecular formula is C27H29N5O4. The summed E-state index contributed by atoms with van der Waals surface area (Å²) >= 11 is 0. The standard InChI is InChI=1S/C27H29N5O4/c1-19-13-29(14-20(2)36-19)23(33)17-32-26(34)24-25(28-18-30(24)15-21-9-5-3-6-10-21)31(27(32)35)16-22-11-7-4-8-12-22/h3-12,18-20H,13-17H2,1-2H3/t19-,20+. The summed E-state index contributed by atoms with van der Waals surface area (Å²) in [6.07, 6.45) is 1.36. The quantitative estimate of drug-likeness (QED) is 0.415. The molecule has 0 aliphatic carbocycles. The Labute approximate surface area is 208 Å². The van der Waals surface area contributed by atoms with E-state index in [0.29, 0.717) is 30.8 Å². The third kappa shape index (κ3) is 4.74. The van der Waals surface area contributed by atoms with Crippen LogP contribution in [0.1, 0.15) is 25.0 Å². The highest BCUT2D eigenvalue weighted by Gasteiger charge is 2.27. The van der Waals surface area contributed by atoms with E-state index >= 15 is 0 Å². The van der Waals surface area contributed by atoms with Crippen LogP contribution in [-0.2, 0) is 29.2 Å². The van der Waals surface area contributed by atoms with E-state index in [1.165, 1.54) is 4.57 Å². The topological polar surface area (TPSA) is 91.4 Å². The minimum absolute atomic E-state index is 0.112. The maximum atomic E-state index is 13.7. The fourth-order valence-electron chi connectivity index (χ4n) is 4.80. The van der Waals surface area contributed by atoms with Crippen molar-refractivity contribution in [2.24, 2.45) is 0 Å². The number of hydrogen-bond acceptors (Lipinski definition) is 5. The fraction of sp³-hybridized carbons (Fsp3) is 0.333. The lowest BCUT2D eigenvalue weighted by molar-refractivity contribution is -0.143. The number of fused-ring (bicyclic) bond motifs is 1. The van der Waals surface area contributed by atoms with E-state index in [4.69, 9.17) is 4.74 Å². The number of imidazole rings is 1. The first-order valence-electron chi connectivity index (χ1n) is 12.1. The summed E-state index contributed by atoms with van der Waals surface area (Å²) in [5, 5.41) is 0. The van der Waals surface area contributed by atoms with Gasteiger partial charge in [-0.2, -0.15) is 0 Å². The Hall–Kier alpha value is -3.98. The average Bonchev–Trinajstić information content (AvgIpc) is 3.28. The van der Waals surface area contributed by atoms with Crippen LogP contribution in [0.5, 0.6) is 0 Å². The highest BCUT2D eigenvalue weighted by atomic mass is 16.5. The van der Waals surface area contributed by atoms with E-state index in [0.717, 1.165) is 15.7 Å². The van der Waals surface area contributed by atoms with E-state index < -0.39 is 11.2 Å². The normalized spacial score (nSPS) is 18.0.